The molecule has 0 bridgehead atoms. The molecule has 1 fully saturated rings. The fourth-order valence-corrected chi connectivity index (χ4v) is 4.09. The normalized spacial score (nSPS) is 17.4. The number of amides is 1. The summed E-state index contributed by atoms with van der Waals surface area (Å²) in [5, 5.41) is 0. The average Bonchev–Trinajstić information content (AvgIpc) is 2.54. The Morgan fingerprint density at radius 2 is 1.58 bits per heavy atom. The smallest absolute Gasteiger partial charge is 0.246 e. The minimum absolute atomic E-state index is 0.0128. The van der Waals surface area contributed by atoms with Crippen LogP contribution in [-0.4, -0.2) is 49.7 Å². The summed E-state index contributed by atoms with van der Waals surface area (Å²) in [4.78, 5) is 13.8. The van der Waals surface area contributed by atoms with Crippen LogP contribution in [0.25, 0.3) is 0 Å². The SMILES string of the molecule is C/C=C/C(=O)N1CCN(S(=O)(=O)c2ccc(C(C)(C)C)cc2)CC1. The molecule has 1 saturated heterocycles. The van der Waals surface area contributed by atoms with E-state index >= 15 is 0 Å². The number of carbonyl (C=O) groups is 1. The Bertz CT molecular complexity index is 708. The molecule has 24 heavy (non-hydrogen) atoms. The Balaban J connectivity index is 2.10. The largest absolute Gasteiger partial charge is 0.337 e. The zero-order valence-electron chi connectivity index (χ0n) is 14.8. The van der Waals surface area contributed by atoms with E-state index in [4.69, 9.17) is 0 Å². The summed E-state index contributed by atoms with van der Waals surface area (Å²) in [5.41, 5.74) is 1.09. The van der Waals surface area contributed by atoms with Crippen molar-refractivity contribution in [2.24, 2.45) is 0 Å². The molecule has 1 aromatic rings. The maximum atomic E-state index is 12.8. The molecule has 1 heterocycles. The van der Waals surface area contributed by atoms with E-state index in [1.54, 1.807) is 30.0 Å². The van der Waals surface area contributed by atoms with Crippen molar-refractivity contribution >= 4 is 15.9 Å². The number of hydrogen-bond acceptors (Lipinski definition) is 3. The lowest BCUT2D eigenvalue weighted by Crippen LogP contribution is -2.50. The van der Waals surface area contributed by atoms with Gasteiger partial charge in [0.1, 0.15) is 0 Å². The Morgan fingerprint density at radius 1 is 1.04 bits per heavy atom. The molecule has 5 nitrogen and oxygen atoms in total. The van der Waals surface area contributed by atoms with Crippen LogP contribution < -0.4 is 0 Å². The topological polar surface area (TPSA) is 57.7 Å². The second-order valence-electron chi connectivity index (χ2n) is 7.00. The molecule has 0 atom stereocenters. The first kappa shape index (κ1) is 18.7. The minimum atomic E-state index is -3.51. The lowest BCUT2D eigenvalue weighted by molar-refractivity contribution is -0.127. The Hall–Kier alpha value is -1.66. The molecule has 0 saturated carbocycles. The van der Waals surface area contributed by atoms with Gasteiger partial charge in [0.25, 0.3) is 0 Å². The number of nitrogens with zero attached hydrogens (tertiary/aromatic N) is 2. The first-order valence-electron chi connectivity index (χ1n) is 8.18. The number of hydrogen-bond donors (Lipinski definition) is 0. The summed E-state index contributed by atoms with van der Waals surface area (Å²) >= 11 is 0. The van der Waals surface area contributed by atoms with E-state index in [0.717, 1.165) is 5.56 Å². The van der Waals surface area contributed by atoms with Crippen molar-refractivity contribution in [2.75, 3.05) is 26.2 Å². The van der Waals surface area contributed by atoms with Crippen molar-refractivity contribution < 1.29 is 13.2 Å². The summed E-state index contributed by atoms with van der Waals surface area (Å²) in [6.07, 6.45) is 3.21. The third-order valence-corrected chi connectivity index (χ3v) is 6.13. The fourth-order valence-electron chi connectivity index (χ4n) is 2.67. The van der Waals surface area contributed by atoms with Crippen molar-refractivity contribution in [3.63, 3.8) is 0 Å². The van der Waals surface area contributed by atoms with Gasteiger partial charge < -0.3 is 4.90 Å². The molecule has 1 aromatic carbocycles. The van der Waals surface area contributed by atoms with Crippen molar-refractivity contribution in [1.82, 2.24) is 9.21 Å². The van der Waals surface area contributed by atoms with Crippen LogP contribution in [0.2, 0.25) is 0 Å². The van der Waals surface area contributed by atoms with Crippen LogP contribution in [0.15, 0.2) is 41.3 Å². The van der Waals surface area contributed by atoms with E-state index in [9.17, 15) is 13.2 Å². The summed E-state index contributed by atoms with van der Waals surface area (Å²) in [7, 11) is -3.51. The molecule has 0 spiro atoms. The van der Waals surface area contributed by atoms with E-state index < -0.39 is 10.0 Å². The van der Waals surface area contributed by atoms with E-state index in [2.05, 4.69) is 20.8 Å². The maximum Gasteiger partial charge on any atom is 0.246 e. The van der Waals surface area contributed by atoms with Crippen LogP contribution in [0.5, 0.6) is 0 Å². The van der Waals surface area contributed by atoms with E-state index in [1.807, 2.05) is 12.1 Å². The lowest BCUT2D eigenvalue weighted by atomic mass is 9.87. The zero-order chi connectivity index (χ0) is 18.0. The second-order valence-corrected chi connectivity index (χ2v) is 8.94. The molecule has 0 N–H and O–H groups in total. The molecular weight excluding hydrogens is 324 g/mol. The second kappa shape index (κ2) is 7.07. The van der Waals surface area contributed by atoms with Gasteiger partial charge in [0, 0.05) is 26.2 Å². The van der Waals surface area contributed by atoms with Crippen molar-refractivity contribution in [3.8, 4) is 0 Å². The Kier molecular flexibility index (Phi) is 5.50. The molecule has 132 valence electrons. The van der Waals surface area contributed by atoms with Gasteiger partial charge in [0.2, 0.25) is 15.9 Å². The highest BCUT2D eigenvalue weighted by molar-refractivity contribution is 7.89. The molecule has 1 amide bonds. The van der Waals surface area contributed by atoms with Crippen LogP contribution >= 0.6 is 0 Å². The Morgan fingerprint density at radius 3 is 2.04 bits per heavy atom. The number of rotatable bonds is 3. The highest BCUT2D eigenvalue weighted by Crippen LogP contribution is 2.25. The molecule has 0 radical (unpaired) electrons. The monoisotopic (exact) mass is 350 g/mol. The highest BCUT2D eigenvalue weighted by Gasteiger charge is 2.29. The Labute approximate surface area is 145 Å². The highest BCUT2D eigenvalue weighted by atomic mass is 32.2. The molecule has 0 unspecified atom stereocenters. The number of allylic oxidation sites excluding steroid dienone is 1. The van der Waals surface area contributed by atoms with Crippen LogP contribution in [0.3, 0.4) is 0 Å². The summed E-state index contributed by atoms with van der Waals surface area (Å²) in [5.74, 6) is -0.0657. The van der Waals surface area contributed by atoms with Crippen LogP contribution in [-0.2, 0) is 20.2 Å². The third kappa shape index (κ3) is 4.05. The van der Waals surface area contributed by atoms with Gasteiger partial charge >= 0.3 is 0 Å². The van der Waals surface area contributed by atoms with E-state index in [-0.39, 0.29) is 11.3 Å². The number of benzene rings is 1. The number of carbonyl (C=O) groups excluding carboxylic acids is 1. The van der Waals surface area contributed by atoms with Gasteiger partial charge in [0.05, 0.1) is 4.90 Å². The molecule has 0 aliphatic carbocycles. The molecule has 1 aliphatic heterocycles. The minimum Gasteiger partial charge on any atom is -0.337 e. The quantitative estimate of drug-likeness (QED) is 0.787. The molecule has 2 rings (SSSR count). The predicted octanol–water partition coefficient (Wildman–Crippen LogP) is 2.39. The van der Waals surface area contributed by atoms with Gasteiger partial charge in [-0.2, -0.15) is 4.31 Å². The van der Waals surface area contributed by atoms with Gasteiger partial charge in [-0.1, -0.05) is 39.0 Å². The van der Waals surface area contributed by atoms with Crippen LogP contribution in [0.1, 0.15) is 33.3 Å². The first-order chi connectivity index (χ1) is 11.2. The van der Waals surface area contributed by atoms with E-state index in [0.29, 0.717) is 31.1 Å². The molecule has 1 aliphatic rings. The maximum absolute atomic E-state index is 12.8. The van der Waals surface area contributed by atoms with Gasteiger partial charge in [-0.15, -0.1) is 0 Å². The van der Waals surface area contributed by atoms with Crippen LogP contribution in [0, 0.1) is 0 Å². The third-order valence-electron chi connectivity index (χ3n) is 4.22. The van der Waals surface area contributed by atoms with E-state index in [1.165, 1.54) is 10.4 Å². The molecular formula is C18H26N2O3S. The molecule has 0 aromatic heterocycles. The van der Waals surface area contributed by atoms with Gasteiger partial charge in [-0.25, -0.2) is 8.42 Å². The first-order valence-corrected chi connectivity index (χ1v) is 9.62. The van der Waals surface area contributed by atoms with Crippen molar-refractivity contribution in [3.05, 3.63) is 42.0 Å². The van der Waals surface area contributed by atoms with Crippen LogP contribution in [0.4, 0.5) is 0 Å². The summed E-state index contributed by atoms with van der Waals surface area (Å²) in [6.45, 7) is 9.57. The number of piperazine rings is 1. The summed E-state index contributed by atoms with van der Waals surface area (Å²) in [6, 6.07) is 7.10. The van der Waals surface area contributed by atoms with Gasteiger partial charge in [0.15, 0.2) is 0 Å². The van der Waals surface area contributed by atoms with Crippen molar-refractivity contribution in [1.29, 1.82) is 0 Å². The fraction of sp³-hybridized carbons (Fsp3) is 0.500. The van der Waals surface area contributed by atoms with Crippen molar-refractivity contribution in [2.45, 2.75) is 38.0 Å². The standard InChI is InChI=1S/C18H26N2O3S/c1-5-6-17(21)19-11-13-20(14-12-19)24(22,23)16-9-7-15(8-10-16)18(2,3)4/h5-10H,11-14H2,1-4H3/b6-5+. The predicted molar refractivity (Wildman–Crippen MR) is 95.3 cm³/mol. The molecule has 6 heteroatoms. The average molecular weight is 350 g/mol. The van der Waals surface area contributed by atoms with Gasteiger partial charge in [-0.05, 0) is 36.1 Å². The number of sulfonamides is 1. The van der Waals surface area contributed by atoms with Gasteiger partial charge in [-0.3, -0.25) is 4.79 Å². The lowest BCUT2D eigenvalue weighted by Gasteiger charge is -2.33. The summed E-state index contributed by atoms with van der Waals surface area (Å²) < 4.78 is 27.0. The zero-order valence-corrected chi connectivity index (χ0v) is 15.6.